The highest BCUT2D eigenvalue weighted by Crippen LogP contribution is 2.27. The zero-order chi connectivity index (χ0) is 27.4. The summed E-state index contributed by atoms with van der Waals surface area (Å²) < 4.78 is 7.12. The molecule has 8 heteroatoms. The zero-order valence-corrected chi connectivity index (χ0v) is 22.9. The minimum atomic E-state index is -0.365. The molecule has 1 aromatic heterocycles. The third-order valence-electron chi connectivity index (χ3n) is 6.41. The third kappa shape index (κ3) is 5.89. The van der Waals surface area contributed by atoms with Crippen molar-refractivity contribution in [2.24, 2.45) is 0 Å². The van der Waals surface area contributed by atoms with E-state index in [0.29, 0.717) is 22.2 Å². The maximum absolute atomic E-state index is 13.3. The molecule has 1 N–H and O–H groups in total. The fourth-order valence-electron chi connectivity index (χ4n) is 4.04. The molecule has 0 fully saturated rings. The van der Waals surface area contributed by atoms with Gasteiger partial charge in [0.05, 0.1) is 23.4 Å². The third-order valence-corrected chi connectivity index (χ3v) is 6.74. The Kier molecular flexibility index (Phi) is 8.17. The number of anilines is 1. The number of aryl methyl sites for hydroxylation is 2. The molecule has 1 heterocycles. The van der Waals surface area contributed by atoms with E-state index in [4.69, 9.17) is 21.3 Å². The van der Waals surface area contributed by atoms with Crippen LogP contribution in [0.1, 0.15) is 35.3 Å². The number of benzene rings is 3. The standard InChI is InChI=1S/C30H31ClN4O3/c1-19(2)34(29(37)25-8-6-7-9-26(25)31)18-28(36)33-30-32-27(22-11-14-24(38-5)15-12-22)17-35(30)23-13-10-20(3)21(4)16-23/h6-17,19H,18H2,1-5H3,(H,32,33,36). The fraction of sp³-hybridized carbons (Fsp3) is 0.233. The van der Waals surface area contributed by atoms with Crippen LogP contribution in [-0.4, -0.2) is 46.0 Å². The van der Waals surface area contributed by atoms with Gasteiger partial charge in [-0.2, -0.15) is 0 Å². The van der Waals surface area contributed by atoms with Crippen molar-refractivity contribution in [2.75, 3.05) is 19.0 Å². The Hall–Kier alpha value is -4.10. The topological polar surface area (TPSA) is 76.5 Å². The number of ether oxygens (including phenoxy) is 1. The van der Waals surface area contributed by atoms with Crippen molar-refractivity contribution in [3.8, 4) is 22.7 Å². The molecule has 0 aliphatic rings. The molecule has 0 saturated heterocycles. The molecule has 0 bridgehead atoms. The minimum absolute atomic E-state index is 0.153. The van der Waals surface area contributed by atoms with Crippen LogP contribution >= 0.6 is 11.6 Å². The van der Waals surface area contributed by atoms with E-state index < -0.39 is 0 Å². The summed E-state index contributed by atoms with van der Waals surface area (Å²) in [5.41, 5.74) is 5.07. The number of halogens is 1. The molecule has 0 radical (unpaired) electrons. The lowest BCUT2D eigenvalue weighted by atomic mass is 10.1. The van der Waals surface area contributed by atoms with Crippen LogP contribution < -0.4 is 10.1 Å². The number of carbonyl (C=O) groups excluding carboxylic acids is 2. The number of nitrogens with one attached hydrogen (secondary N) is 1. The van der Waals surface area contributed by atoms with Gasteiger partial charge >= 0.3 is 0 Å². The van der Waals surface area contributed by atoms with E-state index in [1.54, 1.807) is 31.4 Å². The van der Waals surface area contributed by atoms with Gasteiger partial charge in [0.2, 0.25) is 11.9 Å². The van der Waals surface area contributed by atoms with Crippen LogP contribution in [0.4, 0.5) is 5.95 Å². The number of hydrogen-bond donors (Lipinski definition) is 1. The average Bonchev–Trinajstić information content (AvgIpc) is 3.32. The van der Waals surface area contributed by atoms with Gasteiger partial charge in [-0.1, -0.05) is 29.8 Å². The van der Waals surface area contributed by atoms with Gasteiger partial charge in [-0.05, 0) is 87.4 Å². The predicted molar refractivity (Wildman–Crippen MR) is 151 cm³/mol. The van der Waals surface area contributed by atoms with Crippen molar-refractivity contribution in [2.45, 2.75) is 33.7 Å². The van der Waals surface area contributed by atoms with Gasteiger partial charge in [0.25, 0.3) is 5.91 Å². The molecular formula is C30H31ClN4O3. The first-order valence-electron chi connectivity index (χ1n) is 12.3. The number of nitrogens with zero attached hydrogens (tertiary/aromatic N) is 3. The molecule has 0 spiro atoms. The Balaban J connectivity index is 1.65. The molecule has 0 saturated carbocycles. The van der Waals surface area contributed by atoms with Crippen molar-refractivity contribution in [3.05, 3.63) is 94.6 Å². The lowest BCUT2D eigenvalue weighted by molar-refractivity contribution is -0.117. The zero-order valence-electron chi connectivity index (χ0n) is 22.2. The highest BCUT2D eigenvalue weighted by atomic mass is 35.5. The molecule has 4 aromatic rings. The van der Waals surface area contributed by atoms with Gasteiger partial charge in [0.15, 0.2) is 0 Å². The molecule has 0 aliphatic heterocycles. The Morgan fingerprint density at radius 1 is 1.03 bits per heavy atom. The summed E-state index contributed by atoms with van der Waals surface area (Å²) in [5, 5.41) is 3.27. The molecule has 0 atom stereocenters. The van der Waals surface area contributed by atoms with Crippen molar-refractivity contribution < 1.29 is 14.3 Å². The van der Waals surface area contributed by atoms with Crippen LogP contribution in [-0.2, 0) is 4.79 Å². The number of amides is 2. The Labute approximate surface area is 228 Å². The first-order chi connectivity index (χ1) is 18.2. The maximum Gasteiger partial charge on any atom is 0.256 e. The van der Waals surface area contributed by atoms with Crippen LogP contribution in [0.15, 0.2) is 72.9 Å². The Bertz CT molecular complexity index is 1460. The van der Waals surface area contributed by atoms with Crippen LogP contribution in [0.3, 0.4) is 0 Å². The molecule has 196 valence electrons. The minimum Gasteiger partial charge on any atom is -0.497 e. The second kappa shape index (κ2) is 11.5. The normalized spacial score (nSPS) is 10.9. The lowest BCUT2D eigenvalue weighted by Gasteiger charge is -2.26. The van der Waals surface area contributed by atoms with Gasteiger partial charge in [-0.25, -0.2) is 4.98 Å². The molecule has 38 heavy (non-hydrogen) atoms. The van der Waals surface area contributed by atoms with Gasteiger partial charge in [-0.3, -0.25) is 19.5 Å². The average molecular weight is 531 g/mol. The van der Waals surface area contributed by atoms with Crippen LogP contribution in [0.5, 0.6) is 5.75 Å². The molecular weight excluding hydrogens is 500 g/mol. The Morgan fingerprint density at radius 2 is 1.74 bits per heavy atom. The fourth-order valence-corrected chi connectivity index (χ4v) is 4.26. The highest BCUT2D eigenvalue weighted by molar-refractivity contribution is 6.33. The summed E-state index contributed by atoms with van der Waals surface area (Å²) in [6, 6.07) is 20.2. The highest BCUT2D eigenvalue weighted by Gasteiger charge is 2.24. The van der Waals surface area contributed by atoms with Crippen molar-refractivity contribution in [1.82, 2.24) is 14.5 Å². The lowest BCUT2D eigenvalue weighted by Crippen LogP contribution is -2.42. The van der Waals surface area contributed by atoms with Crippen molar-refractivity contribution in [1.29, 1.82) is 0 Å². The van der Waals surface area contributed by atoms with Crippen molar-refractivity contribution in [3.63, 3.8) is 0 Å². The smallest absolute Gasteiger partial charge is 0.256 e. The van der Waals surface area contributed by atoms with Gasteiger partial charge < -0.3 is 9.64 Å². The van der Waals surface area contributed by atoms with Crippen molar-refractivity contribution >= 4 is 29.4 Å². The number of imidazole rings is 1. The number of aromatic nitrogens is 2. The summed E-state index contributed by atoms with van der Waals surface area (Å²) in [6.45, 7) is 7.66. The molecule has 0 unspecified atom stereocenters. The number of carbonyl (C=O) groups is 2. The summed E-state index contributed by atoms with van der Waals surface area (Å²) in [6.07, 6.45) is 1.89. The molecule has 0 aliphatic carbocycles. The molecule has 7 nitrogen and oxygen atoms in total. The molecule has 4 rings (SSSR count). The van der Waals surface area contributed by atoms with E-state index in [-0.39, 0.29) is 24.4 Å². The quantitative estimate of drug-likeness (QED) is 0.290. The van der Waals surface area contributed by atoms with Crippen LogP contribution in [0.25, 0.3) is 16.9 Å². The van der Waals surface area contributed by atoms with Crippen LogP contribution in [0.2, 0.25) is 5.02 Å². The number of methoxy groups -OCH3 is 1. The monoisotopic (exact) mass is 530 g/mol. The first kappa shape index (κ1) is 26.9. The summed E-state index contributed by atoms with van der Waals surface area (Å²) in [4.78, 5) is 32.7. The maximum atomic E-state index is 13.3. The van der Waals surface area contributed by atoms with Gasteiger partial charge in [-0.15, -0.1) is 0 Å². The first-order valence-corrected chi connectivity index (χ1v) is 12.7. The van der Waals surface area contributed by atoms with Crippen LogP contribution in [0, 0.1) is 13.8 Å². The van der Waals surface area contributed by atoms with E-state index in [1.165, 1.54) is 10.5 Å². The Morgan fingerprint density at radius 3 is 2.37 bits per heavy atom. The summed E-state index contributed by atoms with van der Waals surface area (Å²) >= 11 is 6.26. The number of hydrogen-bond acceptors (Lipinski definition) is 4. The summed E-state index contributed by atoms with van der Waals surface area (Å²) in [7, 11) is 1.62. The van der Waals surface area contributed by atoms with E-state index >= 15 is 0 Å². The number of rotatable bonds is 8. The van der Waals surface area contributed by atoms with E-state index in [9.17, 15) is 9.59 Å². The summed E-state index contributed by atoms with van der Waals surface area (Å²) in [5.74, 6) is 0.430. The van der Waals surface area contributed by atoms with E-state index in [2.05, 4.69) is 12.2 Å². The van der Waals surface area contributed by atoms with Gasteiger partial charge in [0, 0.05) is 23.5 Å². The second-order valence-corrected chi connectivity index (χ2v) is 9.78. The van der Waals surface area contributed by atoms with E-state index in [1.807, 2.05) is 74.0 Å². The second-order valence-electron chi connectivity index (χ2n) is 9.37. The van der Waals surface area contributed by atoms with Gasteiger partial charge in [0.1, 0.15) is 12.3 Å². The SMILES string of the molecule is COc1ccc(-c2cn(-c3ccc(C)c(C)c3)c(NC(=O)CN(C(=O)c3ccccc3Cl)C(C)C)n2)cc1. The molecule has 2 amide bonds. The molecule has 3 aromatic carbocycles. The predicted octanol–water partition coefficient (Wildman–Crippen LogP) is 6.31. The van der Waals surface area contributed by atoms with E-state index in [0.717, 1.165) is 22.6 Å². The largest absolute Gasteiger partial charge is 0.497 e.